The van der Waals surface area contributed by atoms with Crippen molar-refractivity contribution >= 4 is 5.91 Å². The van der Waals surface area contributed by atoms with E-state index >= 15 is 0 Å². The van der Waals surface area contributed by atoms with E-state index in [1.807, 2.05) is 13.8 Å². The number of amides is 1. The van der Waals surface area contributed by atoms with Crippen LogP contribution in [0.4, 0.5) is 0 Å². The minimum absolute atomic E-state index is 0.0656. The second-order valence-electron chi connectivity index (χ2n) is 5.03. The summed E-state index contributed by atoms with van der Waals surface area (Å²) in [6.07, 6.45) is 3.77. The molecule has 2 atom stereocenters. The third-order valence-electron chi connectivity index (χ3n) is 3.45. The maximum Gasteiger partial charge on any atom is 0.224 e. The summed E-state index contributed by atoms with van der Waals surface area (Å²) in [5, 5.41) is 2.99. The number of hydrogen-bond acceptors (Lipinski definition) is 2. The Labute approximate surface area is 86.4 Å². The standard InChI is InChI=1S/C11H22N2O/c1-8(9(2)12)10(14)13-7-11(3)5-4-6-11/h8-9H,4-7,12H2,1-3H3,(H,13,14). The lowest BCUT2D eigenvalue weighted by atomic mass is 9.70. The van der Waals surface area contributed by atoms with Crippen LogP contribution in [0.5, 0.6) is 0 Å². The van der Waals surface area contributed by atoms with Crippen molar-refractivity contribution in [1.82, 2.24) is 5.32 Å². The van der Waals surface area contributed by atoms with Gasteiger partial charge in [0.05, 0.1) is 0 Å². The summed E-state index contributed by atoms with van der Waals surface area (Å²) in [6, 6.07) is -0.0656. The Morgan fingerprint density at radius 2 is 2.07 bits per heavy atom. The van der Waals surface area contributed by atoms with Crippen molar-refractivity contribution in [2.24, 2.45) is 17.1 Å². The molecule has 1 fully saturated rings. The lowest BCUT2D eigenvalue weighted by Gasteiger charge is -2.38. The van der Waals surface area contributed by atoms with Crippen molar-refractivity contribution in [2.75, 3.05) is 6.54 Å². The molecule has 0 bridgehead atoms. The minimum atomic E-state index is -0.0846. The van der Waals surface area contributed by atoms with E-state index in [0.29, 0.717) is 5.41 Å². The van der Waals surface area contributed by atoms with Crippen molar-refractivity contribution in [2.45, 2.75) is 46.1 Å². The second-order valence-corrected chi connectivity index (χ2v) is 5.03. The number of nitrogens with one attached hydrogen (secondary N) is 1. The highest BCUT2D eigenvalue weighted by Gasteiger charge is 2.32. The molecule has 3 nitrogen and oxygen atoms in total. The summed E-state index contributed by atoms with van der Waals surface area (Å²) >= 11 is 0. The van der Waals surface area contributed by atoms with Gasteiger partial charge in [0.25, 0.3) is 0 Å². The number of nitrogens with two attached hydrogens (primary N) is 1. The van der Waals surface area contributed by atoms with Crippen molar-refractivity contribution < 1.29 is 4.79 Å². The van der Waals surface area contributed by atoms with Gasteiger partial charge in [-0.2, -0.15) is 0 Å². The maximum absolute atomic E-state index is 11.6. The van der Waals surface area contributed by atoms with Crippen LogP contribution >= 0.6 is 0 Å². The van der Waals surface area contributed by atoms with Crippen LogP contribution < -0.4 is 11.1 Å². The van der Waals surface area contributed by atoms with Gasteiger partial charge in [0.2, 0.25) is 5.91 Å². The highest BCUT2D eigenvalue weighted by Crippen LogP contribution is 2.39. The molecule has 0 heterocycles. The predicted octanol–water partition coefficient (Wildman–Crippen LogP) is 1.28. The summed E-state index contributed by atoms with van der Waals surface area (Å²) in [5.41, 5.74) is 6.02. The molecule has 1 amide bonds. The van der Waals surface area contributed by atoms with E-state index in [1.54, 1.807) is 0 Å². The van der Waals surface area contributed by atoms with Crippen molar-refractivity contribution in [3.63, 3.8) is 0 Å². The molecule has 1 rings (SSSR count). The van der Waals surface area contributed by atoms with Gasteiger partial charge in [-0.25, -0.2) is 0 Å². The fourth-order valence-corrected chi connectivity index (χ4v) is 1.66. The van der Waals surface area contributed by atoms with Crippen molar-refractivity contribution in [1.29, 1.82) is 0 Å². The van der Waals surface area contributed by atoms with Crippen LogP contribution in [0.3, 0.4) is 0 Å². The summed E-state index contributed by atoms with van der Waals surface area (Å²) in [6.45, 7) is 6.79. The van der Waals surface area contributed by atoms with E-state index in [-0.39, 0.29) is 17.9 Å². The van der Waals surface area contributed by atoms with Gasteiger partial charge in [-0.05, 0) is 25.2 Å². The van der Waals surface area contributed by atoms with Crippen LogP contribution in [0.15, 0.2) is 0 Å². The average molecular weight is 198 g/mol. The van der Waals surface area contributed by atoms with Gasteiger partial charge < -0.3 is 11.1 Å². The first-order valence-electron chi connectivity index (χ1n) is 5.48. The molecule has 1 aliphatic rings. The molecule has 1 saturated carbocycles. The zero-order chi connectivity index (χ0) is 10.8. The lowest BCUT2D eigenvalue weighted by Crippen LogP contribution is -2.44. The third kappa shape index (κ3) is 2.71. The Morgan fingerprint density at radius 3 is 2.43 bits per heavy atom. The number of hydrogen-bond donors (Lipinski definition) is 2. The molecule has 0 spiro atoms. The molecular formula is C11H22N2O. The van der Waals surface area contributed by atoms with Gasteiger partial charge in [-0.15, -0.1) is 0 Å². The van der Waals surface area contributed by atoms with Crippen molar-refractivity contribution in [3.05, 3.63) is 0 Å². The zero-order valence-electron chi connectivity index (χ0n) is 9.47. The van der Waals surface area contributed by atoms with Crippen LogP contribution in [0.2, 0.25) is 0 Å². The summed E-state index contributed by atoms with van der Waals surface area (Å²) in [5.74, 6) is 0.00630. The summed E-state index contributed by atoms with van der Waals surface area (Å²) < 4.78 is 0. The van der Waals surface area contributed by atoms with Crippen LogP contribution in [0.1, 0.15) is 40.0 Å². The topological polar surface area (TPSA) is 55.1 Å². The van der Waals surface area contributed by atoms with E-state index in [2.05, 4.69) is 12.2 Å². The van der Waals surface area contributed by atoms with Gasteiger partial charge in [0.1, 0.15) is 0 Å². The monoisotopic (exact) mass is 198 g/mol. The molecule has 3 heteroatoms. The molecule has 0 radical (unpaired) electrons. The minimum Gasteiger partial charge on any atom is -0.355 e. The molecule has 0 aromatic carbocycles. The Bertz CT molecular complexity index is 209. The summed E-state index contributed by atoms with van der Waals surface area (Å²) in [7, 11) is 0. The fraction of sp³-hybridized carbons (Fsp3) is 0.909. The normalized spacial score (nSPS) is 23.4. The van der Waals surface area contributed by atoms with Gasteiger partial charge in [0.15, 0.2) is 0 Å². The zero-order valence-corrected chi connectivity index (χ0v) is 9.47. The van der Waals surface area contributed by atoms with Crippen LogP contribution in [-0.2, 0) is 4.79 Å². The molecule has 0 aliphatic heterocycles. The number of rotatable bonds is 4. The predicted molar refractivity (Wildman–Crippen MR) is 57.8 cm³/mol. The molecule has 0 aromatic rings. The van der Waals surface area contributed by atoms with E-state index in [4.69, 9.17) is 5.73 Å². The Kier molecular flexibility index (Phi) is 3.53. The molecule has 1 aliphatic carbocycles. The molecule has 0 aromatic heterocycles. The first-order chi connectivity index (χ1) is 6.44. The van der Waals surface area contributed by atoms with E-state index < -0.39 is 0 Å². The van der Waals surface area contributed by atoms with E-state index in [9.17, 15) is 4.79 Å². The average Bonchev–Trinajstić information content (AvgIpc) is 2.09. The number of carbonyl (C=O) groups excluding carboxylic acids is 1. The highest BCUT2D eigenvalue weighted by atomic mass is 16.1. The van der Waals surface area contributed by atoms with Crippen molar-refractivity contribution in [3.8, 4) is 0 Å². The first-order valence-corrected chi connectivity index (χ1v) is 5.48. The largest absolute Gasteiger partial charge is 0.355 e. The molecule has 3 N–H and O–H groups in total. The molecule has 2 unspecified atom stereocenters. The van der Waals surface area contributed by atoms with Gasteiger partial charge in [-0.3, -0.25) is 4.79 Å². The quantitative estimate of drug-likeness (QED) is 0.715. The Balaban J connectivity index is 2.27. The van der Waals surface area contributed by atoms with E-state index in [0.717, 1.165) is 6.54 Å². The molecule has 14 heavy (non-hydrogen) atoms. The van der Waals surface area contributed by atoms with Gasteiger partial charge in [0, 0.05) is 18.5 Å². The molecule has 0 saturated heterocycles. The van der Waals surface area contributed by atoms with E-state index in [1.165, 1.54) is 19.3 Å². The van der Waals surface area contributed by atoms with Gasteiger partial charge in [-0.1, -0.05) is 20.3 Å². The maximum atomic E-state index is 11.6. The third-order valence-corrected chi connectivity index (χ3v) is 3.45. The highest BCUT2D eigenvalue weighted by molar-refractivity contribution is 5.78. The fourth-order valence-electron chi connectivity index (χ4n) is 1.66. The second kappa shape index (κ2) is 4.30. The smallest absolute Gasteiger partial charge is 0.224 e. The lowest BCUT2D eigenvalue weighted by molar-refractivity contribution is -0.125. The first kappa shape index (κ1) is 11.5. The summed E-state index contributed by atoms with van der Waals surface area (Å²) in [4.78, 5) is 11.6. The van der Waals surface area contributed by atoms with Crippen LogP contribution in [0, 0.1) is 11.3 Å². The SMILES string of the molecule is CC(N)C(C)C(=O)NCC1(C)CCC1. The molecule has 82 valence electrons. The van der Waals surface area contributed by atoms with Crippen LogP contribution in [0.25, 0.3) is 0 Å². The molecular weight excluding hydrogens is 176 g/mol. The number of carbonyl (C=O) groups is 1. The Morgan fingerprint density at radius 1 is 1.50 bits per heavy atom. The Hall–Kier alpha value is -0.570. The van der Waals surface area contributed by atoms with Crippen LogP contribution in [-0.4, -0.2) is 18.5 Å². The van der Waals surface area contributed by atoms with Gasteiger partial charge >= 0.3 is 0 Å².